The lowest BCUT2D eigenvalue weighted by atomic mass is 10.1. The molecule has 1 N–H and O–H groups in total. The number of para-hydroxylation sites is 2. The predicted octanol–water partition coefficient (Wildman–Crippen LogP) is 4.67. The van der Waals surface area contributed by atoms with Gasteiger partial charge in [-0.15, -0.1) is 0 Å². The average molecular weight is 417 g/mol. The maximum absolute atomic E-state index is 12.5. The fraction of sp³-hybridized carbons (Fsp3) is 0.167. The van der Waals surface area contributed by atoms with Gasteiger partial charge in [0.2, 0.25) is 0 Å². The van der Waals surface area contributed by atoms with E-state index in [1.807, 2.05) is 36.4 Å². The largest absolute Gasteiger partial charge is 0.493 e. The van der Waals surface area contributed by atoms with E-state index in [9.17, 15) is 4.79 Å². The van der Waals surface area contributed by atoms with Crippen LogP contribution in [0.15, 0.2) is 77.5 Å². The summed E-state index contributed by atoms with van der Waals surface area (Å²) in [4.78, 5) is 12.5. The van der Waals surface area contributed by atoms with Crippen LogP contribution in [0.5, 0.6) is 11.5 Å². The Kier molecular flexibility index (Phi) is 6.03. The molecule has 0 aliphatic rings. The van der Waals surface area contributed by atoms with Crippen LogP contribution >= 0.6 is 0 Å². The van der Waals surface area contributed by atoms with Crippen LogP contribution in [0.25, 0.3) is 0 Å². The summed E-state index contributed by atoms with van der Waals surface area (Å²) in [7, 11) is 1.58. The summed E-state index contributed by atoms with van der Waals surface area (Å²) in [5, 5.41) is 7.13. The number of amides is 1. The van der Waals surface area contributed by atoms with Crippen LogP contribution in [0.1, 0.15) is 27.4 Å². The lowest BCUT2D eigenvalue weighted by Gasteiger charge is -2.08. The normalized spacial score (nSPS) is 10.6. The van der Waals surface area contributed by atoms with Crippen molar-refractivity contribution < 1.29 is 18.7 Å². The highest BCUT2D eigenvalue weighted by atomic mass is 16.5. The molecule has 4 aromatic rings. The number of anilines is 1. The number of carbonyl (C=O) groups is 1. The first kappa shape index (κ1) is 20.3. The summed E-state index contributed by atoms with van der Waals surface area (Å²) in [5.74, 6) is 1.62. The molecule has 2 aromatic carbocycles. The molecule has 2 heterocycles. The van der Waals surface area contributed by atoms with Gasteiger partial charge >= 0.3 is 0 Å². The molecule has 0 saturated heterocycles. The molecule has 0 unspecified atom stereocenters. The van der Waals surface area contributed by atoms with Crippen LogP contribution < -0.4 is 14.8 Å². The number of nitrogens with one attached hydrogen (secondary N) is 1. The summed E-state index contributed by atoms with van der Waals surface area (Å²) >= 11 is 0. The summed E-state index contributed by atoms with van der Waals surface area (Å²) in [6, 6.07) is 18.8. The number of hydrogen-bond donors (Lipinski definition) is 1. The van der Waals surface area contributed by atoms with Gasteiger partial charge < -0.3 is 19.2 Å². The van der Waals surface area contributed by atoms with E-state index in [0.29, 0.717) is 29.5 Å². The van der Waals surface area contributed by atoms with Gasteiger partial charge in [-0.2, -0.15) is 5.10 Å². The Morgan fingerprint density at radius 2 is 1.84 bits per heavy atom. The Bertz CT molecular complexity index is 1180. The van der Waals surface area contributed by atoms with Crippen LogP contribution in [0.2, 0.25) is 0 Å². The lowest BCUT2D eigenvalue weighted by Crippen LogP contribution is -2.10. The molecular weight excluding hydrogens is 394 g/mol. The van der Waals surface area contributed by atoms with Gasteiger partial charge in [-0.25, -0.2) is 0 Å². The number of benzene rings is 2. The van der Waals surface area contributed by atoms with Crippen molar-refractivity contribution >= 4 is 11.6 Å². The highest BCUT2D eigenvalue weighted by Crippen LogP contribution is 2.27. The number of nitrogens with zero attached hydrogens (tertiary/aromatic N) is 2. The van der Waals surface area contributed by atoms with E-state index in [-0.39, 0.29) is 18.3 Å². The van der Waals surface area contributed by atoms with Gasteiger partial charge in [0.1, 0.15) is 12.4 Å². The summed E-state index contributed by atoms with van der Waals surface area (Å²) in [5.41, 5.74) is 2.97. The fourth-order valence-electron chi connectivity index (χ4n) is 3.13. The van der Waals surface area contributed by atoms with Crippen LogP contribution in [-0.2, 0) is 13.2 Å². The molecular formula is C24H23N3O4. The molecule has 0 saturated carbocycles. The molecule has 2 aromatic heterocycles. The first-order valence-corrected chi connectivity index (χ1v) is 9.85. The van der Waals surface area contributed by atoms with E-state index >= 15 is 0 Å². The minimum absolute atomic E-state index is 0.183. The molecule has 158 valence electrons. The molecule has 0 bridgehead atoms. The SMILES string of the molecule is COc1ccccc1OCc1ccc(C(=O)Nc2cnn(Cc3ccccc3C)c2)o1. The Labute approximate surface area is 180 Å². The number of methoxy groups -OCH3 is 1. The van der Waals surface area contributed by atoms with Crippen LogP contribution in [0.4, 0.5) is 5.69 Å². The van der Waals surface area contributed by atoms with Gasteiger partial charge in [0.15, 0.2) is 17.3 Å². The van der Waals surface area contributed by atoms with E-state index in [2.05, 4.69) is 29.5 Å². The van der Waals surface area contributed by atoms with Crippen molar-refractivity contribution in [3.8, 4) is 11.5 Å². The number of ether oxygens (including phenoxy) is 2. The topological polar surface area (TPSA) is 78.5 Å². The molecule has 0 aliphatic heterocycles. The maximum atomic E-state index is 12.5. The Morgan fingerprint density at radius 3 is 2.65 bits per heavy atom. The van der Waals surface area contributed by atoms with Crippen molar-refractivity contribution in [2.75, 3.05) is 12.4 Å². The third-order valence-electron chi connectivity index (χ3n) is 4.81. The molecule has 1 amide bonds. The number of furan rings is 1. The molecule has 0 spiro atoms. The van der Waals surface area contributed by atoms with Crippen LogP contribution in [0, 0.1) is 6.92 Å². The van der Waals surface area contributed by atoms with E-state index in [0.717, 1.165) is 0 Å². The fourth-order valence-corrected chi connectivity index (χ4v) is 3.13. The Morgan fingerprint density at radius 1 is 1.06 bits per heavy atom. The second-order valence-electron chi connectivity index (χ2n) is 7.01. The molecule has 0 aliphatic carbocycles. The molecule has 0 radical (unpaired) electrons. The first-order chi connectivity index (χ1) is 15.1. The molecule has 4 rings (SSSR count). The monoisotopic (exact) mass is 417 g/mol. The lowest BCUT2D eigenvalue weighted by molar-refractivity contribution is 0.0992. The zero-order valence-corrected chi connectivity index (χ0v) is 17.4. The summed E-state index contributed by atoms with van der Waals surface area (Å²) in [6.07, 6.45) is 3.41. The number of rotatable bonds is 8. The predicted molar refractivity (Wildman–Crippen MR) is 116 cm³/mol. The molecule has 7 nitrogen and oxygen atoms in total. The minimum Gasteiger partial charge on any atom is -0.493 e. The van der Waals surface area contributed by atoms with E-state index in [4.69, 9.17) is 13.9 Å². The van der Waals surface area contributed by atoms with Gasteiger partial charge in [0.25, 0.3) is 5.91 Å². The van der Waals surface area contributed by atoms with Crippen LogP contribution in [0.3, 0.4) is 0 Å². The first-order valence-electron chi connectivity index (χ1n) is 9.85. The molecule has 0 fully saturated rings. The highest BCUT2D eigenvalue weighted by Gasteiger charge is 2.14. The minimum atomic E-state index is -0.348. The van der Waals surface area contributed by atoms with Gasteiger partial charge in [0.05, 0.1) is 25.5 Å². The van der Waals surface area contributed by atoms with Crippen molar-refractivity contribution in [2.45, 2.75) is 20.1 Å². The average Bonchev–Trinajstić information content (AvgIpc) is 3.44. The van der Waals surface area contributed by atoms with Gasteiger partial charge in [-0.3, -0.25) is 9.48 Å². The van der Waals surface area contributed by atoms with Crippen molar-refractivity contribution in [2.24, 2.45) is 0 Å². The molecule has 0 atom stereocenters. The van der Waals surface area contributed by atoms with Gasteiger partial charge in [-0.1, -0.05) is 36.4 Å². The second kappa shape index (κ2) is 9.21. The zero-order chi connectivity index (χ0) is 21.6. The number of aromatic nitrogens is 2. The van der Waals surface area contributed by atoms with Gasteiger partial charge in [-0.05, 0) is 42.3 Å². The second-order valence-corrected chi connectivity index (χ2v) is 7.01. The summed E-state index contributed by atoms with van der Waals surface area (Å²) in [6.45, 7) is 2.88. The van der Waals surface area contributed by atoms with Crippen molar-refractivity contribution in [1.29, 1.82) is 0 Å². The van der Waals surface area contributed by atoms with Crippen molar-refractivity contribution in [1.82, 2.24) is 9.78 Å². The van der Waals surface area contributed by atoms with E-state index < -0.39 is 0 Å². The molecule has 7 heteroatoms. The Hall–Kier alpha value is -4.00. The van der Waals surface area contributed by atoms with Crippen molar-refractivity contribution in [3.05, 3.63) is 95.7 Å². The van der Waals surface area contributed by atoms with E-state index in [1.54, 1.807) is 36.3 Å². The Balaban J connectivity index is 1.35. The van der Waals surface area contributed by atoms with Crippen molar-refractivity contribution in [3.63, 3.8) is 0 Å². The third kappa shape index (κ3) is 4.95. The number of aryl methyl sites for hydroxylation is 1. The quantitative estimate of drug-likeness (QED) is 0.451. The summed E-state index contributed by atoms with van der Waals surface area (Å²) < 4.78 is 18.4. The maximum Gasteiger partial charge on any atom is 0.291 e. The van der Waals surface area contributed by atoms with Crippen LogP contribution in [-0.4, -0.2) is 22.8 Å². The smallest absolute Gasteiger partial charge is 0.291 e. The third-order valence-corrected chi connectivity index (χ3v) is 4.81. The zero-order valence-electron chi connectivity index (χ0n) is 17.4. The highest BCUT2D eigenvalue weighted by molar-refractivity contribution is 6.02. The molecule has 31 heavy (non-hydrogen) atoms. The van der Waals surface area contributed by atoms with E-state index in [1.165, 1.54) is 11.1 Å². The number of carbonyl (C=O) groups excluding carboxylic acids is 1. The standard InChI is InChI=1S/C24H23N3O4/c1-17-7-3-4-8-18(17)14-27-15-19(13-25-27)26-24(28)23-12-11-20(31-23)16-30-22-10-6-5-9-21(22)29-2/h3-13,15H,14,16H2,1-2H3,(H,26,28). The number of hydrogen-bond acceptors (Lipinski definition) is 5. The van der Waals surface area contributed by atoms with Gasteiger partial charge in [0, 0.05) is 6.20 Å².